The van der Waals surface area contributed by atoms with Crippen molar-refractivity contribution in [2.24, 2.45) is 0 Å². The molecule has 0 fully saturated rings. The maximum absolute atomic E-state index is 12.7. The number of nitrogens with one attached hydrogen (secondary N) is 1. The van der Waals surface area contributed by atoms with Crippen LogP contribution in [0.15, 0.2) is 23.0 Å². The molecule has 1 aromatic carbocycles. The average Bonchev–Trinajstić information content (AvgIpc) is 2.77. The quantitative estimate of drug-likeness (QED) is 0.814. The summed E-state index contributed by atoms with van der Waals surface area (Å²) < 4.78 is 6.68. The number of rotatable bonds is 4. The molecule has 128 valence electrons. The summed E-state index contributed by atoms with van der Waals surface area (Å²) in [4.78, 5) is 31.7. The monoisotopic (exact) mass is 330 g/mol. The number of carbonyl (C=O) groups is 1. The Bertz CT molecular complexity index is 815. The normalized spacial score (nSPS) is 15.1. The third-order valence-corrected chi connectivity index (χ3v) is 4.31. The Balaban J connectivity index is 1.96. The Morgan fingerprint density at radius 3 is 2.96 bits per heavy atom. The average molecular weight is 330 g/mol. The number of hydrogen-bond acceptors (Lipinski definition) is 5. The molecule has 2 heterocycles. The van der Waals surface area contributed by atoms with Crippen molar-refractivity contribution in [1.29, 1.82) is 0 Å². The summed E-state index contributed by atoms with van der Waals surface area (Å²) in [5.74, 6) is 0.597. The zero-order chi connectivity index (χ0) is 17.1. The molecule has 0 saturated carbocycles. The number of aromatic nitrogens is 2. The first-order valence-corrected chi connectivity index (χ1v) is 8.09. The first kappa shape index (κ1) is 16.6. The van der Waals surface area contributed by atoms with E-state index < -0.39 is 0 Å². The lowest BCUT2D eigenvalue weighted by molar-refractivity contribution is 0.0937. The van der Waals surface area contributed by atoms with Crippen LogP contribution >= 0.6 is 0 Å². The van der Waals surface area contributed by atoms with Gasteiger partial charge in [0.2, 0.25) is 0 Å². The number of benzene rings is 1. The second kappa shape index (κ2) is 7.11. The fourth-order valence-electron chi connectivity index (χ4n) is 2.87. The van der Waals surface area contributed by atoms with Crippen molar-refractivity contribution in [2.45, 2.75) is 13.0 Å². The first-order chi connectivity index (χ1) is 11.6. The first-order valence-electron chi connectivity index (χ1n) is 8.09. The topological polar surface area (TPSA) is 76.5 Å². The number of amides is 1. The molecule has 7 nitrogen and oxygen atoms in total. The molecule has 0 aliphatic carbocycles. The molecule has 1 aromatic heterocycles. The van der Waals surface area contributed by atoms with E-state index in [0.29, 0.717) is 36.2 Å². The van der Waals surface area contributed by atoms with Crippen molar-refractivity contribution >= 4 is 16.8 Å². The standard InChI is InChI=1S/C17H22N4O3/c1-20-7-5-15-19-14-11-12(16(22)18-6-10-24-2)3-4-13(14)17(23)21(15)9-8-20/h3-4,11H,5-10H2,1-2H3,(H,18,22). The second-order valence-electron chi connectivity index (χ2n) is 6.02. The number of nitrogens with zero attached hydrogens (tertiary/aromatic N) is 3. The highest BCUT2D eigenvalue weighted by Crippen LogP contribution is 2.13. The van der Waals surface area contributed by atoms with Crippen LogP contribution < -0.4 is 10.9 Å². The van der Waals surface area contributed by atoms with Crippen LogP contribution in [0.3, 0.4) is 0 Å². The van der Waals surface area contributed by atoms with Crippen molar-refractivity contribution < 1.29 is 9.53 Å². The molecule has 0 spiro atoms. The van der Waals surface area contributed by atoms with Crippen LogP contribution in [0.1, 0.15) is 16.2 Å². The number of fused-ring (bicyclic) bond motifs is 2. The summed E-state index contributed by atoms with van der Waals surface area (Å²) in [7, 11) is 3.63. The van der Waals surface area contributed by atoms with Gasteiger partial charge in [0.1, 0.15) is 5.82 Å². The minimum Gasteiger partial charge on any atom is -0.383 e. The Morgan fingerprint density at radius 2 is 2.17 bits per heavy atom. The van der Waals surface area contributed by atoms with Crippen LogP contribution in [0.25, 0.3) is 10.9 Å². The SMILES string of the molecule is COCCNC(=O)c1ccc2c(=O)n3c(nc2c1)CCN(C)CC3. The van der Waals surface area contributed by atoms with Gasteiger partial charge in [0, 0.05) is 45.3 Å². The smallest absolute Gasteiger partial charge is 0.261 e. The minimum absolute atomic E-state index is 0.0309. The van der Waals surface area contributed by atoms with Gasteiger partial charge in [0.05, 0.1) is 17.5 Å². The maximum atomic E-state index is 12.7. The molecule has 1 N–H and O–H groups in total. The summed E-state index contributed by atoms with van der Waals surface area (Å²) in [5.41, 5.74) is 1.05. The predicted molar refractivity (Wildman–Crippen MR) is 91.4 cm³/mol. The molecule has 0 bridgehead atoms. The molecule has 1 aliphatic heterocycles. The van der Waals surface area contributed by atoms with E-state index in [1.54, 1.807) is 29.9 Å². The number of methoxy groups -OCH3 is 1. The molecular weight excluding hydrogens is 308 g/mol. The molecule has 1 amide bonds. The third-order valence-electron chi connectivity index (χ3n) is 4.31. The highest BCUT2D eigenvalue weighted by molar-refractivity contribution is 5.97. The van der Waals surface area contributed by atoms with Gasteiger partial charge in [-0.05, 0) is 25.2 Å². The fraction of sp³-hybridized carbons (Fsp3) is 0.471. The third kappa shape index (κ3) is 3.32. The number of hydrogen-bond donors (Lipinski definition) is 1. The summed E-state index contributed by atoms with van der Waals surface area (Å²) in [5, 5.41) is 3.33. The zero-order valence-electron chi connectivity index (χ0n) is 14.0. The Kier molecular flexibility index (Phi) is 4.92. The van der Waals surface area contributed by atoms with Gasteiger partial charge >= 0.3 is 0 Å². The molecule has 0 radical (unpaired) electrons. The van der Waals surface area contributed by atoms with Gasteiger partial charge in [0.15, 0.2) is 0 Å². The molecule has 0 unspecified atom stereocenters. The van der Waals surface area contributed by atoms with E-state index in [1.165, 1.54) is 0 Å². The largest absolute Gasteiger partial charge is 0.383 e. The number of likely N-dealkylation sites (N-methyl/N-ethyl adjacent to an activating group) is 1. The van der Waals surface area contributed by atoms with Gasteiger partial charge in [-0.25, -0.2) is 4.98 Å². The molecule has 1 aliphatic rings. The van der Waals surface area contributed by atoms with Crippen LogP contribution in [0.2, 0.25) is 0 Å². The lowest BCUT2D eigenvalue weighted by Crippen LogP contribution is -2.28. The van der Waals surface area contributed by atoms with E-state index in [4.69, 9.17) is 4.74 Å². The van der Waals surface area contributed by atoms with Crippen molar-refractivity contribution in [2.75, 3.05) is 40.4 Å². The molecule has 0 atom stereocenters. The van der Waals surface area contributed by atoms with Crippen LogP contribution in [-0.2, 0) is 17.7 Å². The molecule has 3 rings (SSSR count). The molecule has 24 heavy (non-hydrogen) atoms. The lowest BCUT2D eigenvalue weighted by atomic mass is 10.1. The summed E-state index contributed by atoms with van der Waals surface area (Å²) in [6.07, 6.45) is 0.728. The predicted octanol–water partition coefficient (Wildman–Crippen LogP) is 0.261. The molecule has 0 saturated heterocycles. The van der Waals surface area contributed by atoms with Crippen molar-refractivity contribution in [3.05, 3.63) is 39.9 Å². The highest BCUT2D eigenvalue weighted by atomic mass is 16.5. The summed E-state index contributed by atoms with van der Waals surface area (Å²) >= 11 is 0. The van der Waals surface area contributed by atoms with Crippen LogP contribution in [0.4, 0.5) is 0 Å². The van der Waals surface area contributed by atoms with Crippen LogP contribution in [0.5, 0.6) is 0 Å². The Morgan fingerprint density at radius 1 is 1.33 bits per heavy atom. The second-order valence-corrected chi connectivity index (χ2v) is 6.02. The van der Waals surface area contributed by atoms with E-state index in [2.05, 4.69) is 15.2 Å². The van der Waals surface area contributed by atoms with Gasteiger partial charge in [0.25, 0.3) is 11.5 Å². The summed E-state index contributed by atoms with van der Waals surface area (Å²) in [6.45, 7) is 3.25. The van der Waals surface area contributed by atoms with Gasteiger partial charge < -0.3 is 15.0 Å². The van der Waals surface area contributed by atoms with Gasteiger partial charge in [-0.3, -0.25) is 14.2 Å². The molecule has 7 heteroatoms. The lowest BCUT2D eigenvalue weighted by Gasteiger charge is -2.11. The fourth-order valence-corrected chi connectivity index (χ4v) is 2.87. The highest BCUT2D eigenvalue weighted by Gasteiger charge is 2.16. The minimum atomic E-state index is -0.189. The summed E-state index contributed by atoms with van der Waals surface area (Å²) in [6, 6.07) is 5.05. The van der Waals surface area contributed by atoms with Crippen molar-refractivity contribution in [1.82, 2.24) is 19.8 Å². The van der Waals surface area contributed by atoms with E-state index in [0.717, 1.165) is 25.3 Å². The van der Waals surface area contributed by atoms with Crippen molar-refractivity contribution in [3.63, 3.8) is 0 Å². The van der Waals surface area contributed by atoms with Gasteiger partial charge in [-0.2, -0.15) is 0 Å². The van der Waals surface area contributed by atoms with Gasteiger partial charge in [-0.15, -0.1) is 0 Å². The molecular formula is C17H22N4O3. The van der Waals surface area contributed by atoms with Crippen LogP contribution in [0, 0.1) is 0 Å². The van der Waals surface area contributed by atoms with E-state index in [1.807, 2.05) is 7.05 Å². The molecule has 2 aromatic rings. The Labute approximate surface area is 140 Å². The zero-order valence-corrected chi connectivity index (χ0v) is 14.0. The van der Waals surface area contributed by atoms with E-state index in [-0.39, 0.29) is 11.5 Å². The number of ether oxygens (including phenoxy) is 1. The maximum Gasteiger partial charge on any atom is 0.261 e. The van der Waals surface area contributed by atoms with E-state index in [9.17, 15) is 9.59 Å². The number of carbonyl (C=O) groups excluding carboxylic acids is 1. The van der Waals surface area contributed by atoms with E-state index >= 15 is 0 Å². The van der Waals surface area contributed by atoms with Crippen LogP contribution in [-0.4, -0.2) is 60.8 Å². The van der Waals surface area contributed by atoms with Gasteiger partial charge in [-0.1, -0.05) is 0 Å². The van der Waals surface area contributed by atoms with Crippen molar-refractivity contribution in [3.8, 4) is 0 Å². The Hall–Kier alpha value is -2.25.